The predicted octanol–water partition coefficient (Wildman–Crippen LogP) is 4.12. The Bertz CT molecular complexity index is 877. The number of benzene rings is 2. The van der Waals surface area contributed by atoms with Crippen LogP contribution in [0.3, 0.4) is 0 Å². The maximum Gasteiger partial charge on any atom is 0.512 e. The fraction of sp³-hybridized carbons (Fsp3) is 0. The van der Waals surface area contributed by atoms with Crippen LogP contribution in [0.5, 0.6) is 5.88 Å². The van der Waals surface area contributed by atoms with Gasteiger partial charge in [-0.05, 0) is 17.2 Å². The predicted molar refractivity (Wildman–Crippen MR) is 90.6 cm³/mol. The van der Waals surface area contributed by atoms with E-state index in [4.69, 9.17) is 5.11 Å². The highest BCUT2D eigenvalue weighted by Gasteiger charge is 2.15. The molecule has 7 heteroatoms. The van der Waals surface area contributed by atoms with Crippen LogP contribution in [0.15, 0.2) is 60.0 Å². The first-order chi connectivity index (χ1) is 11.6. The summed E-state index contributed by atoms with van der Waals surface area (Å²) in [4.78, 5) is 26.9. The van der Waals surface area contributed by atoms with Gasteiger partial charge in [-0.25, -0.2) is 4.79 Å². The van der Waals surface area contributed by atoms with Gasteiger partial charge in [0.2, 0.25) is 5.88 Å². The van der Waals surface area contributed by atoms with Gasteiger partial charge >= 0.3 is 6.16 Å². The molecule has 1 heterocycles. The van der Waals surface area contributed by atoms with Crippen molar-refractivity contribution < 1.29 is 19.4 Å². The number of thiazole rings is 1. The Morgan fingerprint density at radius 3 is 2.50 bits per heavy atom. The van der Waals surface area contributed by atoms with Gasteiger partial charge < -0.3 is 9.84 Å². The van der Waals surface area contributed by atoms with Crippen molar-refractivity contribution in [2.45, 2.75) is 0 Å². The smallest absolute Gasteiger partial charge is 0.449 e. The summed E-state index contributed by atoms with van der Waals surface area (Å²) in [5.41, 5.74) is 2.23. The Kier molecular flexibility index (Phi) is 4.53. The van der Waals surface area contributed by atoms with E-state index in [1.165, 1.54) is 5.38 Å². The standard InChI is InChI=1S/C17H12N2O4S/c20-15(19-16-18-14(10-24-16)23-17(21)22)13-9-5-4-8-12(13)11-6-2-1-3-7-11/h1-10H,(H,21,22)(H,18,19,20). The van der Waals surface area contributed by atoms with Gasteiger partial charge in [0.1, 0.15) is 0 Å². The number of rotatable bonds is 4. The average molecular weight is 340 g/mol. The second kappa shape index (κ2) is 6.93. The minimum absolute atomic E-state index is 0.0702. The van der Waals surface area contributed by atoms with Crippen LogP contribution in [0, 0.1) is 0 Å². The summed E-state index contributed by atoms with van der Waals surface area (Å²) in [5.74, 6) is -0.398. The summed E-state index contributed by atoms with van der Waals surface area (Å²) < 4.78 is 4.44. The lowest BCUT2D eigenvalue weighted by Crippen LogP contribution is -2.13. The number of ether oxygens (including phenoxy) is 1. The van der Waals surface area contributed by atoms with Crippen LogP contribution in [-0.2, 0) is 0 Å². The average Bonchev–Trinajstić information content (AvgIpc) is 3.01. The number of aromatic nitrogens is 1. The molecule has 2 aromatic carbocycles. The Hall–Kier alpha value is -3.19. The van der Waals surface area contributed by atoms with E-state index in [-0.39, 0.29) is 16.9 Å². The molecule has 0 radical (unpaired) electrons. The molecular weight excluding hydrogens is 328 g/mol. The van der Waals surface area contributed by atoms with Crippen molar-refractivity contribution >= 4 is 28.5 Å². The Balaban J connectivity index is 1.83. The van der Waals surface area contributed by atoms with Gasteiger partial charge in [-0.1, -0.05) is 48.5 Å². The zero-order valence-electron chi connectivity index (χ0n) is 12.3. The van der Waals surface area contributed by atoms with E-state index in [1.807, 2.05) is 42.5 Å². The maximum absolute atomic E-state index is 12.5. The van der Waals surface area contributed by atoms with Gasteiger partial charge in [-0.2, -0.15) is 4.98 Å². The van der Waals surface area contributed by atoms with Crippen molar-refractivity contribution in [2.24, 2.45) is 0 Å². The molecule has 120 valence electrons. The fourth-order valence-electron chi connectivity index (χ4n) is 2.17. The van der Waals surface area contributed by atoms with E-state index < -0.39 is 6.16 Å². The minimum atomic E-state index is -1.45. The maximum atomic E-state index is 12.5. The number of nitrogens with zero attached hydrogens (tertiary/aromatic N) is 1. The van der Waals surface area contributed by atoms with Gasteiger partial charge in [0, 0.05) is 5.56 Å². The van der Waals surface area contributed by atoms with Gasteiger partial charge in [-0.3, -0.25) is 10.1 Å². The Morgan fingerprint density at radius 2 is 1.75 bits per heavy atom. The molecule has 1 amide bonds. The van der Waals surface area contributed by atoms with Gasteiger partial charge in [0.05, 0.1) is 5.38 Å². The van der Waals surface area contributed by atoms with E-state index in [9.17, 15) is 9.59 Å². The molecule has 0 aliphatic heterocycles. The summed E-state index contributed by atoms with van der Waals surface area (Å²) in [6.07, 6.45) is -1.45. The van der Waals surface area contributed by atoms with Crippen LogP contribution in [0.25, 0.3) is 11.1 Å². The Morgan fingerprint density at radius 1 is 1.04 bits per heavy atom. The van der Waals surface area contributed by atoms with Crippen molar-refractivity contribution in [2.75, 3.05) is 5.32 Å². The number of nitrogens with one attached hydrogen (secondary N) is 1. The molecule has 0 spiro atoms. The van der Waals surface area contributed by atoms with E-state index in [2.05, 4.69) is 15.0 Å². The highest BCUT2D eigenvalue weighted by molar-refractivity contribution is 7.14. The third kappa shape index (κ3) is 3.58. The molecule has 0 atom stereocenters. The molecule has 6 nitrogen and oxygen atoms in total. The molecule has 0 aliphatic carbocycles. The summed E-state index contributed by atoms with van der Waals surface area (Å²) in [5, 5.41) is 12.9. The first kappa shape index (κ1) is 15.7. The van der Waals surface area contributed by atoms with Crippen molar-refractivity contribution in [3.05, 3.63) is 65.5 Å². The molecule has 3 aromatic rings. The lowest BCUT2D eigenvalue weighted by molar-refractivity contribution is 0.102. The van der Waals surface area contributed by atoms with E-state index in [1.54, 1.807) is 12.1 Å². The number of carbonyl (C=O) groups is 2. The molecule has 0 saturated carbocycles. The van der Waals surface area contributed by atoms with Crippen LogP contribution in [0.1, 0.15) is 10.4 Å². The van der Waals surface area contributed by atoms with Crippen molar-refractivity contribution in [3.63, 3.8) is 0 Å². The number of hydrogen-bond donors (Lipinski definition) is 2. The summed E-state index contributed by atoms with van der Waals surface area (Å²) >= 11 is 1.08. The van der Waals surface area contributed by atoms with Crippen molar-refractivity contribution in [3.8, 4) is 17.0 Å². The second-order valence-corrected chi connectivity index (χ2v) is 5.58. The minimum Gasteiger partial charge on any atom is -0.449 e. The van der Waals surface area contributed by atoms with Crippen LogP contribution in [-0.4, -0.2) is 22.2 Å². The number of hydrogen-bond acceptors (Lipinski definition) is 5. The number of anilines is 1. The quantitative estimate of drug-likeness (QED) is 0.698. The molecule has 0 bridgehead atoms. The molecule has 24 heavy (non-hydrogen) atoms. The highest BCUT2D eigenvalue weighted by atomic mass is 32.1. The first-order valence-electron chi connectivity index (χ1n) is 6.95. The first-order valence-corrected chi connectivity index (χ1v) is 7.83. The van der Waals surface area contributed by atoms with Crippen LogP contribution < -0.4 is 10.1 Å². The van der Waals surface area contributed by atoms with Gasteiger partial charge in [0.15, 0.2) is 5.13 Å². The molecular formula is C17H12N2O4S. The largest absolute Gasteiger partial charge is 0.512 e. The molecule has 0 saturated heterocycles. The van der Waals surface area contributed by atoms with Crippen molar-refractivity contribution in [1.82, 2.24) is 4.98 Å². The molecule has 3 rings (SSSR count). The zero-order valence-corrected chi connectivity index (χ0v) is 13.1. The van der Waals surface area contributed by atoms with Crippen molar-refractivity contribution in [1.29, 1.82) is 0 Å². The normalized spacial score (nSPS) is 10.2. The second-order valence-electron chi connectivity index (χ2n) is 4.72. The third-order valence-electron chi connectivity index (χ3n) is 3.15. The molecule has 2 N–H and O–H groups in total. The lowest BCUT2D eigenvalue weighted by atomic mass is 9.99. The SMILES string of the molecule is O=C(O)Oc1csc(NC(=O)c2ccccc2-c2ccccc2)n1. The van der Waals surface area contributed by atoms with Crippen LogP contribution in [0.2, 0.25) is 0 Å². The number of carbonyl (C=O) groups excluding carboxylic acids is 1. The van der Waals surface area contributed by atoms with Gasteiger partial charge in [-0.15, -0.1) is 11.3 Å². The topological polar surface area (TPSA) is 88.5 Å². The lowest BCUT2D eigenvalue weighted by Gasteiger charge is -2.09. The fourth-order valence-corrected chi connectivity index (χ4v) is 2.78. The Labute approximate surface area is 141 Å². The highest BCUT2D eigenvalue weighted by Crippen LogP contribution is 2.26. The third-order valence-corrected chi connectivity index (χ3v) is 3.89. The number of carboxylic acid groups (broad SMARTS) is 1. The van der Waals surface area contributed by atoms with Crippen LogP contribution >= 0.6 is 11.3 Å². The molecule has 0 fully saturated rings. The molecule has 0 unspecified atom stereocenters. The molecule has 1 aromatic heterocycles. The van der Waals surface area contributed by atoms with Gasteiger partial charge in [0.25, 0.3) is 5.91 Å². The summed E-state index contributed by atoms with van der Waals surface area (Å²) in [6, 6.07) is 16.8. The van der Waals surface area contributed by atoms with E-state index >= 15 is 0 Å². The zero-order chi connectivity index (χ0) is 16.9. The molecule has 0 aliphatic rings. The summed E-state index contributed by atoms with van der Waals surface area (Å²) in [6.45, 7) is 0. The van der Waals surface area contributed by atoms with Crippen LogP contribution in [0.4, 0.5) is 9.93 Å². The summed E-state index contributed by atoms with van der Waals surface area (Å²) in [7, 11) is 0. The van der Waals surface area contributed by atoms with E-state index in [0.29, 0.717) is 5.56 Å². The monoisotopic (exact) mass is 340 g/mol. The number of amides is 1. The van der Waals surface area contributed by atoms with E-state index in [0.717, 1.165) is 22.5 Å².